The van der Waals surface area contributed by atoms with E-state index >= 15 is 0 Å². The molecule has 92 valence electrons. The molecule has 2 aliphatic rings. The smallest absolute Gasteiger partial charge is 0.119 e. The normalized spacial score (nSPS) is 21.5. The molecule has 1 saturated carbocycles. The molecule has 2 nitrogen and oxygen atoms in total. The summed E-state index contributed by atoms with van der Waals surface area (Å²) in [5, 5.41) is 9.98. The Labute approximate surface area is 103 Å². The van der Waals surface area contributed by atoms with Crippen LogP contribution < -0.4 is 4.74 Å². The van der Waals surface area contributed by atoms with Crippen molar-refractivity contribution in [1.82, 2.24) is 0 Å². The summed E-state index contributed by atoms with van der Waals surface area (Å²) < 4.78 is 5.73. The Balaban J connectivity index is 1.67. The molecule has 2 aliphatic carbocycles. The lowest BCUT2D eigenvalue weighted by atomic mass is 9.81. The fraction of sp³-hybridized carbons (Fsp3) is 0.600. The largest absolute Gasteiger partial charge is 0.491 e. The zero-order valence-corrected chi connectivity index (χ0v) is 10.2. The van der Waals surface area contributed by atoms with Crippen molar-refractivity contribution in [1.29, 1.82) is 0 Å². The van der Waals surface area contributed by atoms with E-state index in [0.717, 1.165) is 25.0 Å². The lowest BCUT2D eigenvalue weighted by Gasteiger charge is -2.36. The van der Waals surface area contributed by atoms with Crippen LogP contribution in [0.2, 0.25) is 0 Å². The first-order valence-electron chi connectivity index (χ1n) is 6.72. The van der Waals surface area contributed by atoms with E-state index in [9.17, 15) is 5.11 Å². The Morgan fingerprint density at radius 2 is 1.82 bits per heavy atom. The number of aliphatic hydroxyl groups is 1. The lowest BCUT2D eigenvalue weighted by Crippen LogP contribution is -2.42. The number of ether oxygens (including phenoxy) is 1. The molecule has 0 unspecified atom stereocenters. The van der Waals surface area contributed by atoms with Gasteiger partial charge in [0.15, 0.2) is 0 Å². The van der Waals surface area contributed by atoms with Gasteiger partial charge in [0.2, 0.25) is 0 Å². The van der Waals surface area contributed by atoms with Crippen molar-refractivity contribution in [3.63, 3.8) is 0 Å². The number of benzene rings is 1. The minimum absolute atomic E-state index is 0.450. The third-order valence-electron chi connectivity index (χ3n) is 4.11. The molecule has 0 aromatic heterocycles. The van der Waals surface area contributed by atoms with Crippen molar-refractivity contribution in [3.8, 4) is 5.75 Å². The van der Waals surface area contributed by atoms with Gasteiger partial charge < -0.3 is 9.84 Å². The molecule has 1 aromatic rings. The van der Waals surface area contributed by atoms with Crippen molar-refractivity contribution in [3.05, 3.63) is 29.3 Å². The highest BCUT2D eigenvalue weighted by molar-refractivity contribution is 5.37. The molecule has 0 bridgehead atoms. The molecular formula is C15H20O2. The van der Waals surface area contributed by atoms with E-state index in [4.69, 9.17) is 4.74 Å². The number of hydrogen-bond donors (Lipinski definition) is 1. The van der Waals surface area contributed by atoms with Crippen molar-refractivity contribution >= 4 is 0 Å². The standard InChI is InChI=1S/C15H20O2/c16-15(8-3-9-15)11-17-14-7-6-12-4-1-2-5-13(12)10-14/h6-7,10,16H,1-5,8-9,11H2. The Morgan fingerprint density at radius 1 is 1.06 bits per heavy atom. The topological polar surface area (TPSA) is 29.5 Å². The maximum absolute atomic E-state index is 9.98. The average Bonchev–Trinajstić information content (AvgIpc) is 2.34. The van der Waals surface area contributed by atoms with E-state index in [1.807, 2.05) is 6.07 Å². The summed E-state index contributed by atoms with van der Waals surface area (Å²) in [6.07, 6.45) is 7.89. The van der Waals surface area contributed by atoms with Gasteiger partial charge in [0.1, 0.15) is 12.4 Å². The van der Waals surface area contributed by atoms with Crippen molar-refractivity contribution in [2.24, 2.45) is 0 Å². The molecule has 0 atom stereocenters. The lowest BCUT2D eigenvalue weighted by molar-refractivity contribution is -0.0663. The second kappa shape index (κ2) is 4.34. The minimum atomic E-state index is -0.546. The van der Waals surface area contributed by atoms with E-state index in [1.54, 1.807) is 0 Å². The second-order valence-electron chi connectivity index (χ2n) is 5.50. The van der Waals surface area contributed by atoms with Crippen LogP contribution in [0.4, 0.5) is 0 Å². The third-order valence-corrected chi connectivity index (χ3v) is 4.11. The average molecular weight is 232 g/mol. The fourth-order valence-corrected chi connectivity index (χ4v) is 2.75. The zero-order chi connectivity index (χ0) is 11.7. The van der Waals surface area contributed by atoms with Crippen LogP contribution in [0.1, 0.15) is 43.2 Å². The van der Waals surface area contributed by atoms with E-state index in [0.29, 0.717) is 6.61 Å². The molecule has 0 heterocycles. The van der Waals surface area contributed by atoms with Gasteiger partial charge in [0, 0.05) is 0 Å². The number of aryl methyl sites for hydroxylation is 2. The minimum Gasteiger partial charge on any atom is -0.491 e. The van der Waals surface area contributed by atoms with Crippen molar-refractivity contribution in [2.45, 2.75) is 50.5 Å². The molecule has 0 spiro atoms. The number of fused-ring (bicyclic) bond motifs is 1. The summed E-state index contributed by atoms with van der Waals surface area (Å²) in [6, 6.07) is 6.40. The highest BCUT2D eigenvalue weighted by Crippen LogP contribution is 2.32. The van der Waals surface area contributed by atoms with E-state index in [2.05, 4.69) is 12.1 Å². The summed E-state index contributed by atoms with van der Waals surface area (Å²) in [5.74, 6) is 0.922. The first-order valence-corrected chi connectivity index (χ1v) is 6.72. The van der Waals surface area contributed by atoms with Gasteiger partial charge in [0.05, 0.1) is 5.60 Å². The van der Waals surface area contributed by atoms with Crippen LogP contribution in [0.5, 0.6) is 5.75 Å². The SMILES string of the molecule is OC1(COc2ccc3c(c2)CCCC3)CCC1. The highest BCUT2D eigenvalue weighted by Gasteiger charge is 2.35. The molecule has 1 aromatic carbocycles. The van der Waals surface area contributed by atoms with Gasteiger partial charge in [-0.3, -0.25) is 0 Å². The van der Waals surface area contributed by atoms with Gasteiger partial charge in [0.25, 0.3) is 0 Å². The van der Waals surface area contributed by atoms with Gasteiger partial charge in [-0.25, -0.2) is 0 Å². The van der Waals surface area contributed by atoms with Gasteiger partial charge in [-0.05, 0) is 68.2 Å². The summed E-state index contributed by atoms with van der Waals surface area (Å²) in [4.78, 5) is 0. The van der Waals surface area contributed by atoms with Crippen LogP contribution in [0.25, 0.3) is 0 Å². The highest BCUT2D eigenvalue weighted by atomic mass is 16.5. The van der Waals surface area contributed by atoms with E-state index in [-0.39, 0.29) is 0 Å². The van der Waals surface area contributed by atoms with Crippen LogP contribution in [-0.2, 0) is 12.8 Å². The Hall–Kier alpha value is -1.02. The summed E-state index contributed by atoms with van der Waals surface area (Å²) >= 11 is 0. The monoisotopic (exact) mass is 232 g/mol. The first kappa shape index (κ1) is 11.1. The maximum atomic E-state index is 9.98. The predicted octanol–water partition coefficient (Wildman–Crippen LogP) is 2.86. The molecular weight excluding hydrogens is 212 g/mol. The van der Waals surface area contributed by atoms with Crippen LogP contribution in [0, 0.1) is 0 Å². The molecule has 0 amide bonds. The van der Waals surface area contributed by atoms with Gasteiger partial charge in [-0.1, -0.05) is 6.07 Å². The molecule has 1 N–H and O–H groups in total. The van der Waals surface area contributed by atoms with E-state index in [1.165, 1.54) is 36.8 Å². The molecule has 0 radical (unpaired) electrons. The van der Waals surface area contributed by atoms with Crippen LogP contribution in [-0.4, -0.2) is 17.3 Å². The Bertz CT molecular complexity index is 407. The van der Waals surface area contributed by atoms with Gasteiger partial charge in [-0.2, -0.15) is 0 Å². The van der Waals surface area contributed by atoms with Crippen LogP contribution in [0.3, 0.4) is 0 Å². The Kier molecular flexibility index (Phi) is 2.83. The molecule has 1 fully saturated rings. The molecule has 0 saturated heterocycles. The fourth-order valence-electron chi connectivity index (χ4n) is 2.75. The molecule has 3 rings (SSSR count). The predicted molar refractivity (Wildman–Crippen MR) is 67.4 cm³/mol. The quantitative estimate of drug-likeness (QED) is 0.868. The van der Waals surface area contributed by atoms with E-state index < -0.39 is 5.60 Å². The number of rotatable bonds is 3. The maximum Gasteiger partial charge on any atom is 0.119 e. The second-order valence-corrected chi connectivity index (χ2v) is 5.50. The first-order chi connectivity index (χ1) is 8.25. The van der Waals surface area contributed by atoms with Crippen molar-refractivity contribution in [2.75, 3.05) is 6.61 Å². The van der Waals surface area contributed by atoms with Gasteiger partial charge >= 0.3 is 0 Å². The van der Waals surface area contributed by atoms with Gasteiger partial charge in [-0.15, -0.1) is 0 Å². The zero-order valence-electron chi connectivity index (χ0n) is 10.2. The number of hydrogen-bond acceptors (Lipinski definition) is 2. The van der Waals surface area contributed by atoms with Crippen LogP contribution in [0.15, 0.2) is 18.2 Å². The molecule has 17 heavy (non-hydrogen) atoms. The van der Waals surface area contributed by atoms with Crippen LogP contribution >= 0.6 is 0 Å². The summed E-state index contributed by atoms with van der Waals surface area (Å²) in [6.45, 7) is 0.450. The summed E-state index contributed by atoms with van der Waals surface area (Å²) in [7, 11) is 0. The van der Waals surface area contributed by atoms with Crippen molar-refractivity contribution < 1.29 is 9.84 Å². The Morgan fingerprint density at radius 3 is 2.53 bits per heavy atom. The molecule has 2 heteroatoms. The summed E-state index contributed by atoms with van der Waals surface area (Å²) in [5.41, 5.74) is 2.37. The molecule has 0 aliphatic heterocycles. The third kappa shape index (κ3) is 2.32.